The Morgan fingerprint density at radius 2 is 2.24 bits per heavy atom. The van der Waals surface area contributed by atoms with Crippen LogP contribution in [0.1, 0.15) is 11.3 Å². The van der Waals surface area contributed by atoms with Crippen LogP contribution in [0.25, 0.3) is 0 Å². The summed E-state index contributed by atoms with van der Waals surface area (Å²) < 4.78 is 0. The number of hydrogen-bond donors (Lipinski definition) is 3. The summed E-state index contributed by atoms with van der Waals surface area (Å²) in [6.07, 6.45) is 1.46. The fourth-order valence-electron chi connectivity index (χ4n) is 1.20. The lowest BCUT2D eigenvalue weighted by molar-refractivity contribution is 0.450. The highest BCUT2D eigenvalue weighted by Gasteiger charge is 1.99. The fourth-order valence-corrected chi connectivity index (χ4v) is 1.84. The Balaban J connectivity index is 2.05. The number of anilines is 1. The minimum atomic E-state index is -0.0223. The van der Waals surface area contributed by atoms with Gasteiger partial charge in [-0.3, -0.25) is 5.43 Å². The van der Waals surface area contributed by atoms with Crippen LogP contribution in [-0.2, 0) is 0 Å². The second kappa shape index (κ2) is 4.84. The summed E-state index contributed by atoms with van der Waals surface area (Å²) in [7, 11) is 0. The van der Waals surface area contributed by atoms with Crippen LogP contribution in [0.3, 0.4) is 0 Å². The normalized spacial score (nSPS) is 10.9. The third kappa shape index (κ3) is 2.94. The van der Waals surface area contributed by atoms with Crippen molar-refractivity contribution in [3.05, 3.63) is 34.8 Å². The lowest BCUT2D eigenvalue weighted by Gasteiger charge is -1.99. The van der Waals surface area contributed by atoms with Gasteiger partial charge in [-0.05, 0) is 19.1 Å². The minimum absolute atomic E-state index is 0.0168. The van der Waals surface area contributed by atoms with Gasteiger partial charge >= 0.3 is 0 Å². The molecule has 88 valence electrons. The van der Waals surface area contributed by atoms with Crippen LogP contribution in [0.4, 0.5) is 5.13 Å². The third-order valence-electron chi connectivity index (χ3n) is 2.00. The molecule has 0 saturated heterocycles. The molecule has 1 aromatic carbocycles. The number of phenols is 2. The number of nitrogens with one attached hydrogen (secondary N) is 1. The zero-order chi connectivity index (χ0) is 12.3. The van der Waals surface area contributed by atoms with Gasteiger partial charge in [0.2, 0.25) is 5.13 Å². The number of aromatic hydroxyl groups is 2. The van der Waals surface area contributed by atoms with Crippen LogP contribution in [-0.4, -0.2) is 21.4 Å². The van der Waals surface area contributed by atoms with E-state index >= 15 is 0 Å². The van der Waals surface area contributed by atoms with Gasteiger partial charge in [0.1, 0.15) is 11.5 Å². The predicted octanol–water partition coefficient (Wildman–Crippen LogP) is 2.31. The monoisotopic (exact) mass is 249 g/mol. The highest BCUT2D eigenvalue weighted by molar-refractivity contribution is 7.13. The highest BCUT2D eigenvalue weighted by atomic mass is 32.1. The Morgan fingerprint density at radius 3 is 2.88 bits per heavy atom. The van der Waals surface area contributed by atoms with E-state index in [2.05, 4.69) is 15.5 Å². The summed E-state index contributed by atoms with van der Waals surface area (Å²) >= 11 is 1.45. The standard InChI is InChI=1S/C11H11N3O2S/c1-7-6-17-11(13-7)14-12-5-8-2-3-9(15)4-10(8)16/h2-6,15-16H,1H3,(H,13,14)/b12-5+. The van der Waals surface area contributed by atoms with E-state index in [1.54, 1.807) is 6.07 Å². The molecule has 2 rings (SSSR count). The minimum Gasteiger partial charge on any atom is -0.508 e. The first-order chi connectivity index (χ1) is 8.15. The molecule has 6 heteroatoms. The summed E-state index contributed by atoms with van der Waals surface area (Å²) in [6.45, 7) is 1.90. The molecule has 0 radical (unpaired) electrons. The van der Waals surface area contributed by atoms with Crippen LogP contribution in [0.15, 0.2) is 28.7 Å². The molecule has 0 amide bonds. The number of hydrazone groups is 1. The van der Waals surface area contributed by atoms with Gasteiger partial charge in [-0.2, -0.15) is 5.10 Å². The summed E-state index contributed by atoms with van der Waals surface area (Å²) in [4.78, 5) is 4.17. The number of aryl methyl sites for hydroxylation is 1. The van der Waals surface area contributed by atoms with Crippen LogP contribution in [0, 0.1) is 6.92 Å². The first kappa shape index (κ1) is 11.4. The number of aromatic nitrogens is 1. The van der Waals surface area contributed by atoms with Crippen molar-refractivity contribution in [3.8, 4) is 11.5 Å². The average Bonchev–Trinajstić information content (AvgIpc) is 2.68. The zero-order valence-electron chi connectivity index (χ0n) is 9.08. The van der Waals surface area contributed by atoms with Crippen LogP contribution >= 0.6 is 11.3 Å². The molecule has 0 fully saturated rings. The molecule has 5 nitrogen and oxygen atoms in total. The summed E-state index contributed by atoms with van der Waals surface area (Å²) in [5, 5.41) is 25.2. The van der Waals surface area contributed by atoms with Crippen LogP contribution < -0.4 is 5.43 Å². The summed E-state index contributed by atoms with van der Waals surface area (Å²) in [6, 6.07) is 4.31. The molecule has 3 N–H and O–H groups in total. The molecule has 1 aromatic heterocycles. The second-order valence-corrected chi connectivity index (χ2v) is 4.27. The van der Waals surface area contributed by atoms with E-state index in [4.69, 9.17) is 5.11 Å². The van der Waals surface area contributed by atoms with E-state index < -0.39 is 0 Å². The van der Waals surface area contributed by atoms with E-state index in [0.29, 0.717) is 10.7 Å². The van der Waals surface area contributed by atoms with Gasteiger partial charge in [0, 0.05) is 17.0 Å². The number of hydrogen-bond acceptors (Lipinski definition) is 6. The topological polar surface area (TPSA) is 77.7 Å². The largest absolute Gasteiger partial charge is 0.508 e. The first-order valence-electron chi connectivity index (χ1n) is 4.88. The molecule has 0 spiro atoms. The molecule has 0 atom stereocenters. The Morgan fingerprint density at radius 1 is 1.41 bits per heavy atom. The molecular weight excluding hydrogens is 238 g/mol. The molecular formula is C11H11N3O2S. The number of nitrogens with zero attached hydrogens (tertiary/aromatic N) is 2. The second-order valence-electron chi connectivity index (χ2n) is 3.41. The van der Waals surface area contributed by atoms with E-state index in [0.717, 1.165) is 5.69 Å². The van der Waals surface area contributed by atoms with Crippen molar-refractivity contribution < 1.29 is 10.2 Å². The maximum absolute atomic E-state index is 9.50. The number of phenolic OH excluding ortho intramolecular Hbond substituents is 2. The smallest absolute Gasteiger partial charge is 0.203 e. The molecule has 2 aromatic rings. The first-order valence-corrected chi connectivity index (χ1v) is 5.76. The number of rotatable bonds is 3. The van der Waals surface area contributed by atoms with Crippen molar-refractivity contribution >= 4 is 22.7 Å². The van der Waals surface area contributed by atoms with Crippen molar-refractivity contribution in [2.24, 2.45) is 5.10 Å². The van der Waals surface area contributed by atoms with Gasteiger partial charge in [0.15, 0.2) is 0 Å². The van der Waals surface area contributed by atoms with Crippen molar-refractivity contribution in [3.63, 3.8) is 0 Å². The quantitative estimate of drug-likeness (QED) is 0.576. The Labute approximate surface area is 102 Å². The van der Waals surface area contributed by atoms with E-state index in [1.165, 1.54) is 29.7 Å². The van der Waals surface area contributed by atoms with Crippen molar-refractivity contribution in [1.29, 1.82) is 0 Å². The SMILES string of the molecule is Cc1csc(N/N=C/c2ccc(O)cc2O)n1. The molecule has 0 bridgehead atoms. The van der Waals surface area contributed by atoms with E-state index in [9.17, 15) is 5.11 Å². The Hall–Kier alpha value is -2.08. The number of benzene rings is 1. The molecule has 0 aliphatic heterocycles. The van der Waals surface area contributed by atoms with Gasteiger partial charge in [0.05, 0.1) is 11.9 Å². The van der Waals surface area contributed by atoms with Gasteiger partial charge < -0.3 is 10.2 Å². The van der Waals surface area contributed by atoms with Gasteiger partial charge in [-0.1, -0.05) is 0 Å². The average molecular weight is 249 g/mol. The van der Waals surface area contributed by atoms with Crippen molar-refractivity contribution in [2.45, 2.75) is 6.92 Å². The van der Waals surface area contributed by atoms with E-state index in [1.807, 2.05) is 12.3 Å². The maximum Gasteiger partial charge on any atom is 0.203 e. The van der Waals surface area contributed by atoms with Gasteiger partial charge in [-0.25, -0.2) is 4.98 Å². The number of thiazole rings is 1. The highest BCUT2D eigenvalue weighted by Crippen LogP contribution is 2.21. The molecule has 1 heterocycles. The molecule has 0 saturated carbocycles. The zero-order valence-corrected chi connectivity index (χ0v) is 9.90. The predicted molar refractivity (Wildman–Crippen MR) is 67.8 cm³/mol. The molecule has 0 aliphatic rings. The third-order valence-corrected chi connectivity index (χ3v) is 2.86. The lowest BCUT2D eigenvalue weighted by Crippen LogP contribution is -1.90. The van der Waals surface area contributed by atoms with Crippen molar-refractivity contribution in [2.75, 3.05) is 5.43 Å². The molecule has 0 unspecified atom stereocenters. The van der Waals surface area contributed by atoms with Crippen LogP contribution in [0.5, 0.6) is 11.5 Å². The Kier molecular flexibility index (Phi) is 3.24. The van der Waals surface area contributed by atoms with Gasteiger partial charge in [0.25, 0.3) is 0 Å². The van der Waals surface area contributed by atoms with E-state index in [-0.39, 0.29) is 11.5 Å². The fraction of sp³-hybridized carbons (Fsp3) is 0.0909. The summed E-state index contributed by atoms with van der Waals surface area (Å²) in [5.41, 5.74) is 4.21. The lowest BCUT2D eigenvalue weighted by atomic mass is 10.2. The van der Waals surface area contributed by atoms with Gasteiger partial charge in [-0.15, -0.1) is 11.3 Å². The van der Waals surface area contributed by atoms with Crippen molar-refractivity contribution in [1.82, 2.24) is 4.98 Å². The Bertz CT molecular complexity index is 551. The van der Waals surface area contributed by atoms with Crippen LogP contribution in [0.2, 0.25) is 0 Å². The summed E-state index contributed by atoms with van der Waals surface area (Å²) in [5.74, 6) is -0.00553. The maximum atomic E-state index is 9.50. The molecule has 17 heavy (non-hydrogen) atoms. The molecule has 0 aliphatic carbocycles.